The normalized spacial score (nSPS) is 11.7. The van der Waals surface area contributed by atoms with Gasteiger partial charge in [0.15, 0.2) is 0 Å². The van der Waals surface area contributed by atoms with Crippen molar-refractivity contribution >= 4 is 5.78 Å². The molecule has 1 aromatic heterocycles. The van der Waals surface area contributed by atoms with Crippen LogP contribution in [0.2, 0.25) is 0 Å². The predicted molar refractivity (Wildman–Crippen MR) is 55.7 cm³/mol. The van der Waals surface area contributed by atoms with Crippen LogP contribution in [0, 0.1) is 0 Å². The predicted octanol–water partition coefficient (Wildman–Crippen LogP) is 1.20. The monoisotopic (exact) mass is 211 g/mol. The van der Waals surface area contributed by atoms with Gasteiger partial charge in [-0.1, -0.05) is 19.1 Å². The minimum absolute atomic E-state index is 0.0532. The Hall–Kier alpha value is -1.23. The summed E-state index contributed by atoms with van der Waals surface area (Å²) in [6, 6.07) is 0. The molecule has 0 saturated heterocycles. The Labute approximate surface area is 89.4 Å². The van der Waals surface area contributed by atoms with Crippen molar-refractivity contribution in [3.63, 3.8) is 0 Å². The van der Waals surface area contributed by atoms with Crippen LogP contribution in [0.4, 0.5) is 0 Å². The number of rotatable bonds is 5. The van der Waals surface area contributed by atoms with Crippen molar-refractivity contribution in [2.75, 3.05) is 7.11 Å². The number of aryl methyl sites for hydroxylation is 1. The highest BCUT2D eigenvalue weighted by atomic mass is 16.5. The lowest BCUT2D eigenvalue weighted by Crippen LogP contribution is -2.40. The van der Waals surface area contributed by atoms with Crippen LogP contribution in [-0.2, 0) is 11.8 Å². The van der Waals surface area contributed by atoms with Crippen LogP contribution < -0.4 is 0 Å². The average molecular weight is 211 g/mol. The van der Waals surface area contributed by atoms with E-state index >= 15 is 0 Å². The molecular formula is C10H17N3O2. The molecule has 0 aromatic carbocycles. The summed E-state index contributed by atoms with van der Waals surface area (Å²) >= 11 is 0. The smallest absolute Gasteiger partial charge is 0.214 e. The number of carbonyl (C=O) groups is 1. The fraction of sp³-hybridized carbons (Fsp3) is 0.700. The third-order valence-electron chi connectivity index (χ3n) is 2.89. The topological polar surface area (TPSA) is 57.0 Å². The van der Waals surface area contributed by atoms with Crippen LogP contribution in [0.3, 0.4) is 0 Å². The van der Waals surface area contributed by atoms with Crippen LogP contribution in [0.5, 0.6) is 0 Å². The minimum Gasteiger partial charge on any atom is -0.370 e. The van der Waals surface area contributed by atoms with Gasteiger partial charge in [-0.25, -0.2) is 4.68 Å². The second kappa shape index (κ2) is 4.53. The highest BCUT2D eigenvalue weighted by Crippen LogP contribution is 2.24. The molecule has 0 radical (unpaired) electrons. The molecule has 1 aromatic rings. The molecule has 84 valence electrons. The van der Waals surface area contributed by atoms with Crippen molar-refractivity contribution in [1.29, 1.82) is 0 Å². The zero-order valence-corrected chi connectivity index (χ0v) is 9.65. The molecular weight excluding hydrogens is 194 g/mol. The third-order valence-corrected chi connectivity index (χ3v) is 2.89. The van der Waals surface area contributed by atoms with Gasteiger partial charge < -0.3 is 4.74 Å². The lowest BCUT2D eigenvalue weighted by atomic mass is 9.90. The maximum atomic E-state index is 12.2. The number of carbonyl (C=O) groups excluding carboxylic acids is 1. The summed E-state index contributed by atoms with van der Waals surface area (Å²) in [5.74, 6) is -0.0532. The van der Waals surface area contributed by atoms with Crippen molar-refractivity contribution in [2.45, 2.75) is 32.3 Å². The van der Waals surface area contributed by atoms with Crippen LogP contribution in [0.15, 0.2) is 6.20 Å². The third kappa shape index (κ3) is 1.92. The Morgan fingerprint density at radius 1 is 1.53 bits per heavy atom. The molecule has 0 aliphatic heterocycles. The molecule has 5 heteroatoms. The zero-order valence-electron chi connectivity index (χ0n) is 9.65. The fourth-order valence-corrected chi connectivity index (χ4v) is 1.68. The molecule has 0 spiro atoms. The molecule has 0 atom stereocenters. The molecule has 0 saturated carbocycles. The van der Waals surface area contributed by atoms with Gasteiger partial charge in [-0.3, -0.25) is 4.79 Å². The zero-order chi connectivity index (χ0) is 11.5. The molecule has 0 fully saturated rings. The quantitative estimate of drug-likeness (QED) is 0.687. The Kier molecular flexibility index (Phi) is 3.57. The van der Waals surface area contributed by atoms with Gasteiger partial charge in [0, 0.05) is 14.2 Å². The SMILES string of the molecule is CCC(CC)(OC)C(=O)c1cnnn1C. The number of Topliss-reactive ketones (excluding diaryl/α,β-unsaturated/α-hetero) is 1. The van der Waals surface area contributed by atoms with E-state index in [0.29, 0.717) is 18.5 Å². The van der Waals surface area contributed by atoms with Gasteiger partial charge in [-0.15, -0.1) is 5.10 Å². The second-order valence-corrected chi connectivity index (χ2v) is 3.48. The van der Waals surface area contributed by atoms with Gasteiger partial charge in [-0.2, -0.15) is 0 Å². The van der Waals surface area contributed by atoms with Gasteiger partial charge in [0.2, 0.25) is 5.78 Å². The van der Waals surface area contributed by atoms with E-state index in [1.54, 1.807) is 14.2 Å². The fourth-order valence-electron chi connectivity index (χ4n) is 1.68. The van der Waals surface area contributed by atoms with E-state index in [-0.39, 0.29) is 5.78 Å². The van der Waals surface area contributed by atoms with E-state index in [9.17, 15) is 4.79 Å². The van der Waals surface area contributed by atoms with Crippen LogP contribution >= 0.6 is 0 Å². The number of nitrogens with zero attached hydrogens (tertiary/aromatic N) is 3. The molecule has 0 unspecified atom stereocenters. The minimum atomic E-state index is -0.741. The van der Waals surface area contributed by atoms with Gasteiger partial charge in [0.1, 0.15) is 11.3 Å². The molecule has 15 heavy (non-hydrogen) atoms. The molecule has 0 aliphatic carbocycles. The number of aromatic nitrogens is 3. The first-order valence-corrected chi connectivity index (χ1v) is 5.06. The van der Waals surface area contributed by atoms with Crippen LogP contribution in [-0.4, -0.2) is 33.5 Å². The first-order chi connectivity index (χ1) is 7.11. The highest BCUT2D eigenvalue weighted by molar-refractivity contribution is 6.00. The van der Waals surface area contributed by atoms with Crippen molar-refractivity contribution in [3.05, 3.63) is 11.9 Å². The summed E-state index contributed by atoms with van der Waals surface area (Å²) in [5, 5.41) is 7.44. The van der Waals surface area contributed by atoms with Crippen molar-refractivity contribution in [2.24, 2.45) is 7.05 Å². The molecule has 1 rings (SSSR count). The molecule has 0 aliphatic rings. The molecule has 0 N–H and O–H groups in total. The van der Waals surface area contributed by atoms with Crippen molar-refractivity contribution in [3.8, 4) is 0 Å². The average Bonchev–Trinajstić information content (AvgIpc) is 2.67. The lowest BCUT2D eigenvalue weighted by Gasteiger charge is -2.27. The first kappa shape index (κ1) is 11.8. The van der Waals surface area contributed by atoms with Gasteiger partial charge in [-0.05, 0) is 12.8 Å². The maximum absolute atomic E-state index is 12.2. The lowest BCUT2D eigenvalue weighted by molar-refractivity contribution is -0.00336. The number of hydrogen-bond acceptors (Lipinski definition) is 4. The van der Waals surface area contributed by atoms with E-state index in [1.807, 2.05) is 13.8 Å². The standard InChI is InChI=1S/C10H17N3O2/c1-5-10(6-2,15-4)9(14)8-7-11-12-13(8)3/h7H,5-6H2,1-4H3. The summed E-state index contributed by atoms with van der Waals surface area (Å²) in [5.41, 5.74) is -0.254. The summed E-state index contributed by atoms with van der Waals surface area (Å²) in [7, 11) is 3.26. The van der Waals surface area contributed by atoms with E-state index in [0.717, 1.165) is 0 Å². The van der Waals surface area contributed by atoms with Gasteiger partial charge in [0.25, 0.3) is 0 Å². The summed E-state index contributed by atoms with van der Waals surface area (Å²) in [6.45, 7) is 3.88. The number of methoxy groups -OCH3 is 1. The van der Waals surface area contributed by atoms with E-state index in [4.69, 9.17) is 4.74 Å². The molecule has 0 bridgehead atoms. The molecule has 0 amide bonds. The van der Waals surface area contributed by atoms with E-state index < -0.39 is 5.60 Å². The first-order valence-electron chi connectivity index (χ1n) is 5.06. The Morgan fingerprint density at radius 2 is 2.13 bits per heavy atom. The Morgan fingerprint density at radius 3 is 2.47 bits per heavy atom. The summed E-state index contributed by atoms with van der Waals surface area (Å²) in [6.07, 6.45) is 2.76. The van der Waals surface area contributed by atoms with E-state index in [1.165, 1.54) is 10.9 Å². The van der Waals surface area contributed by atoms with Crippen LogP contribution in [0.1, 0.15) is 37.2 Å². The highest BCUT2D eigenvalue weighted by Gasteiger charge is 2.37. The number of ketones is 1. The van der Waals surface area contributed by atoms with Gasteiger partial charge >= 0.3 is 0 Å². The Balaban J connectivity index is 3.06. The second-order valence-electron chi connectivity index (χ2n) is 3.48. The maximum Gasteiger partial charge on any atom is 0.214 e. The Bertz CT molecular complexity index is 334. The number of hydrogen-bond donors (Lipinski definition) is 0. The largest absolute Gasteiger partial charge is 0.370 e. The summed E-state index contributed by atoms with van der Waals surface area (Å²) < 4.78 is 6.83. The van der Waals surface area contributed by atoms with Crippen LogP contribution in [0.25, 0.3) is 0 Å². The number of ether oxygens (including phenoxy) is 1. The van der Waals surface area contributed by atoms with Crippen molar-refractivity contribution in [1.82, 2.24) is 15.0 Å². The van der Waals surface area contributed by atoms with Gasteiger partial charge in [0.05, 0.1) is 6.20 Å². The van der Waals surface area contributed by atoms with Crippen molar-refractivity contribution < 1.29 is 9.53 Å². The molecule has 5 nitrogen and oxygen atoms in total. The summed E-state index contributed by atoms with van der Waals surface area (Å²) in [4.78, 5) is 12.2. The molecule has 1 heterocycles. The van der Waals surface area contributed by atoms with E-state index in [2.05, 4.69) is 10.3 Å².